The van der Waals surface area contributed by atoms with Crippen LogP contribution in [0.4, 0.5) is 13.2 Å². The molecular formula is C27H28F3N. The first-order chi connectivity index (χ1) is 14.6. The number of hydrogen-bond donors (Lipinski definition) is 0. The summed E-state index contributed by atoms with van der Waals surface area (Å²) in [6.45, 7) is 7.97. The summed E-state index contributed by atoms with van der Waals surface area (Å²) in [4.78, 5) is 2.39. The third kappa shape index (κ3) is 4.85. The Labute approximate surface area is 182 Å². The molecule has 0 radical (unpaired) electrons. The maximum Gasteiger partial charge on any atom is 0.270 e. The van der Waals surface area contributed by atoms with Gasteiger partial charge in [-0.3, -0.25) is 4.90 Å². The summed E-state index contributed by atoms with van der Waals surface area (Å²) < 4.78 is 40.4. The number of nitrogens with zero attached hydrogens (tertiary/aromatic N) is 1. The second-order valence-electron chi connectivity index (χ2n) is 9.31. The highest BCUT2D eigenvalue weighted by Gasteiger charge is 2.29. The fourth-order valence-corrected chi connectivity index (χ4v) is 4.39. The molecule has 1 nitrogen and oxygen atoms in total. The molecule has 0 spiro atoms. The minimum atomic E-state index is -2.84. The average molecular weight is 424 g/mol. The van der Waals surface area contributed by atoms with Crippen molar-refractivity contribution in [2.45, 2.75) is 51.6 Å². The monoisotopic (exact) mass is 423 g/mol. The summed E-state index contributed by atoms with van der Waals surface area (Å²) in [5.41, 5.74) is 5.71. The Hall–Kier alpha value is -2.59. The molecule has 4 rings (SSSR count). The van der Waals surface area contributed by atoms with Crippen LogP contribution in [0.2, 0.25) is 0 Å². The van der Waals surface area contributed by atoms with E-state index in [2.05, 4.69) is 36.9 Å². The van der Waals surface area contributed by atoms with Gasteiger partial charge in [0.2, 0.25) is 0 Å². The molecule has 3 aromatic carbocycles. The Bertz CT molecular complexity index is 1050. The molecular weight excluding hydrogens is 395 g/mol. The van der Waals surface area contributed by atoms with Crippen molar-refractivity contribution >= 4 is 0 Å². The topological polar surface area (TPSA) is 3.24 Å². The molecule has 1 heterocycles. The standard InChI is InChI=1S/C27H28F3N/c1-26(2)14-15-31(17-19-4-11-24(28)12-5-19)18-22-16-21(8-13-25(22)26)20-6-9-23(10-7-20)27(3,29)30/h4-13,16H,14-15,17-18H2,1-3H3. The van der Waals surface area contributed by atoms with Gasteiger partial charge in [0.05, 0.1) is 0 Å². The first-order valence-corrected chi connectivity index (χ1v) is 10.7. The fraction of sp³-hybridized carbons (Fsp3) is 0.333. The van der Waals surface area contributed by atoms with Crippen LogP contribution in [0.15, 0.2) is 66.7 Å². The van der Waals surface area contributed by atoms with Crippen LogP contribution >= 0.6 is 0 Å². The minimum Gasteiger partial charge on any atom is -0.295 e. The van der Waals surface area contributed by atoms with Gasteiger partial charge in [-0.15, -0.1) is 0 Å². The fourth-order valence-electron chi connectivity index (χ4n) is 4.39. The third-order valence-electron chi connectivity index (χ3n) is 6.33. The Kier molecular flexibility index (Phi) is 5.69. The number of rotatable bonds is 4. The van der Waals surface area contributed by atoms with Crippen molar-refractivity contribution < 1.29 is 13.2 Å². The van der Waals surface area contributed by atoms with E-state index in [-0.39, 0.29) is 16.8 Å². The van der Waals surface area contributed by atoms with Crippen LogP contribution in [0, 0.1) is 5.82 Å². The van der Waals surface area contributed by atoms with Crippen LogP contribution in [-0.4, -0.2) is 11.4 Å². The van der Waals surface area contributed by atoms with Crippen molar-refractivity contribution in [1.29, 1.82) is 0 Å². The zero-order valence-corrected chi connectivity index (χ0v) is 18.3. The molecule has 162 valence electrons. The van der Waals surface area contributed by atoms with Crippen molar-refractivity contribution in [3.05, 3.63) is 94.8 Å². The van der Waals surface area contributed by atoms with Gasteiger partial charge in [0, 0.05) is 25.6 Å². The molecule has 4 heteroatoms. The van der Waals surface area contributed by atoms with Gasteiger partial charge in [0.25, 0.3) is 5.92 Å². The first-order valence-electron chi connectivity index (χ1n) is 10.7. The molecule has 0 aliphatic carbocycles. The average Bonchev–Trinajstić information content (AvgIpc) is 2.85. The van der Waals surface area contributed by atoms with Crippen molar-refractivity contribution in [3.63, 3.8) is 0 Å². The Balaban J connectivity index is 1.63. The van der Waals surface area contributed by atoms with Crippen LogP contribution < -0.4 is 0 Å². The Morgan fingerprint density at radius 1 is 0.903 bits per heavy atom. The lowest BCUT2D eigenvalue weighted by molar-refractivity contribution is 0.0175. The summed E-state index contributed by atoms with van der Waals surface area (Å²) in [5, 5.41) is 0. The Morgan fingerprint density at radius 2 is 1.55 bits per heavy atom. The van der Waals surface area contributed by atoms with E-state index in [0.29, 0.717) is 0 Å². The number of fused-ring (bicyclic) bond motifs is 1. The van der Waals surface area contributed by atoms with E-state index in [9.17, 15) is 13.2 Å². The van der Waals surface area contributed by atoms with Gasteiger partial charge in [-0.05, 0) is 64.4 Å². The number of halogens is 3. The summed E-state index contributed by atoms with van der Waals surface area (Å²) >= 11 is 0. The zero-order chi connectivity index (χ0) is 22.2. The molecule has 0 saturated carbocycles. The molecule has 0 unspecified atom stereocenters. The number of alkyl halides is 2. The third-order valence-corrected chi connectivity index (χ3v) is 6.33. The van der Waals surface area contributed by atoms with E-state index in [1.165, 1.54) is 35.4 Å². The van der Waals surface area contributed by atoms with Gasteiger partial charge in [-0.1, -0.05) is 62.4 Å². The molecule has 0 bridgehead atoms. The zero-order valence-electron chi connectivity index (χ0n) is 18.3. The Morgan fingerprint density at radius 3 is 2.19 bits per heavy atom. The maximum absolute atomic E-state index is 13.6. The molecule has 1 aliphatic heterocycles. The van der Waals surface area contributed by atoms with Crippen molar-refractivity contribution in [2.24, 2.45) is 0 Å². The second kappa shape index (κ2) is 8.16. The molecule has 31 heavy (non-hydrogen) atoms. The van der Waals surface area contributed by atoms with E-state index in [0.717, 1.165) is 49.7 Å². The van der Waals surface area contributed by atoms with Crippen LogP contribution in [-0.2, 0) is 24.4 Å². The van der Waals surface area contributed by atoms with E-state index < -0.39 is 5.92 Å². The first kappa shape index (κ1) is 21.6. The predicted octanol–water partition coefficient (Wildman–Crippen LogP) is 7.29. The molecule has 3 aromatic rings. The van der Waals surface area contributed by atoms with E-state index in [1.807, 2.05) is 12.1 Å². The number of hydrogen-bond acceptors (Lipinski definition) is 1. The molecule has 0 fully saturated rings. The van der Waals surface area contributed by atoms with Crippen LogP contribution in [0.25, 0.3) is 11.1 Å². The highest BCUT2D eigenvalue weighted by atomic mass is 19.3. The largest absolute Gasteiger partial charge is 0.295 e. The van der Waals surface area contributed by atoms with Crippen molar-refractivity contribution in [3.8, 4) is 11.1 Å². The predicted molar refractivity (Wildman–Crippen MR) is 120 cm³/mol. The smallest absolute Gasteiger partial charge is 0.270 e. The molecule has 0 saturated heterocycles. The highest BCUT2D eigenvalue weighted by Crippen LogP contribution is 2.37. The number of benzene rings is 3. The maximum atomic E-state index is 13.6. The molecule has 0 amide bonds. The van der Waals surface area contributed by atoms with Crippen LogP contribution in [0.3, 0.4) is 0 Å². The lowest BCUT2D eigenvalue weighted by Crippen LogP contribution is -2.25. The summed E-state index contributed by atoms with van der Waals surface area (Å²) in [5.74, 6) is -3.06. The molecule has 1 aliphatic rings. The molecule has 0 atom stereocenters. The van der Waals surface area contributed by atoms with Gasteiger partial charge in [0.15, 0.2) is 0 Å². The SMILES string of the molecule is CC(F)(F)c1ccc(-c2ccc3c(c2)CN(Cc2ccc(F)cc2)CCC3(C)C)cc1. The second-order valence-corrected chi connectivity index (χ2v) is 9.31. The van der Waals surface area contributed by atoms with E-state index in [4.69, 9.17) is 0 Å². The molecule has 0 N–H and O–H groups in total. The van der Waals surface area contributed by atoms with Gasteiger partial charge in [0.1, 0.15) is 5.82 Å². The van der Waals surface area contributed by atoms with Crippen LogP contribution in [0.1, 0.15) is 49.4 Å². The van der Waals surface area contributed by atoms with Gasteiger partial charge < -0.3 is 0 Å². The summed E-state index contributed by atoms with van der Waals surface area (Å²) in [6, 6.07) is 19.7. The van der Waals surface area contributed by atoms with Crippen molar-refractivity contribution in [2.75, 3.05) is 6.54 Å². The van der Waals surface area contributed by atoms with Crippen molar-refractivity contribution in [1.82, 2.24) is 4.90 Å². The van der Waals surface area contributed by atoms with E-state index >= 15 is 0 Å². The van der Waals surface area contributed by atoms with E-state index in [1.54, 1.807) is 12.1 Å². The van der Waals surface area contributed by atoms with Gasteiger partial charge in [-0.25, -0.2) is 13.2 Å². The summed E-state index contributed by atoms with van der Waals surface area (Å²) in [6.07, 6.45) is 1.03. The summed E-state index contributed by atoms with van der Waals surface area (Å²) in [7, 11) is 0. The van der Waals surface area contributed by atoms with Gasteiger partial charge in [-0.2, -0.15) is 0 Å². The lowest BCUT2D eigenvalue weighted by Gasteiger charge is -2.25. The minimum absolute atomic E-state index is 0.0256. The highest BCUT2D eigenvalue weighted by molar-refractivity contribution is 5.66. The normalized spacial score (nSPS) is 16.6. The molecule has 0 aromatic heterocycles. The van der Waals surface area contributed by atoms with Crippen LogP contribution in [0.5, 0.6) is 0 Å². The van der Waals surface area contributed by atoms with Gasteiger partial charge >= 0.3 is 0 Å². The lowest BCUT2D eigenvalue weighted by atomic mass is 9.79. The quantitative estimate of drug-likeness (QED) is 0.426.